The Balaban J connectivity index is 1.40. The van der Waals surface area contributed by atoms with Crippen molar-refractivity contribution in [3.8, 4) is 44.9 Å². The van der Waals surface area contributed by atoms with E-state index in [1.165, 1.54) is 7.11 Å². The van der Waals surface area contributed by atoms with Crippen LogP contribution in [0, 0.1) is 6.92 Å². The molecule has 0 saturated heterocycles. The number of benzene rings is 3. The predicted molar refractivity (Wildman–Crippen MR) is 159 cm³/mol. The summed E-state index contributed by atoms with van der Waals surface area (Å²) in [4.78, 5) is 32.2. The van der Waals surface area contributed by atoms with Gasteiger partial charge in [-0.1, -0.05) is 48.0 Å². The maximum Gasteiger partial charge on any atom is 0.337 e. The zero-order valence-corrected chi connectivity index (χ0v) is 22.5. The van der Waals surface area contributed by atoms with Crippen LogP contribution in [0.5, 0.6) is 11.5 Å². The minimum Gasteiger partial charge on any atom is -0.493 e. The average molecular weight is 549 g/mol. The minimum absolute atomic E-state index is 0.110. The summed E-state index contributed by atoms with van der Waals surface area (Å²) in [6.07, 6.45) is 4.97. The van der Waals surface area contributed by atoms with Crippen LogP contribution in [0.15, 0.2) is 96.2 Å². The van der Waals surface area contributed by atoms with Crippen LogP contribution in [-0.2, 0) is 4.79 Å². The third-order valence-corrected chi connectivity index (χ3v) is 6.55. The van der Waals surface area contributed by atoms with Crippen molar-refractivity contribution in [1.29, 1.82) is 0 Å². The first kappa shape index (κ1) is 27.2. The summed E-state index contributed by atoms with van der Waals surface area (Å²) in [5, 5.41) is 12.3. The van der Waals surface area contributed by atoms with Crippen LogP contribution in [0.25, 0.3) is 33.4 Å². The molecular formula is C32H28N4O5. The molecule has 41 heavy (non-hydrogen) atoms. The first-order valence-corrected chi connectivity index (χ1v) is 12.8. The van der Waals surface area contributed by atoms with E-state index in [9.17, 15) is 9.59 Å². The van der Waals surface area contributed by atoms with Crippen LogP contribution in [0.2, 0.25) is 0 Å². The van der Waals surface area contributed by atoms with Crippen LogP contribution in [0.3, 0.4) is 0 Å². The predicted octanol–water partition coefficient (Wildman–Crippen LogP) is 5.31. The number of methoxy groups -OCH3 is 1. The van der Waals surface area contributed by atoms with Gasteiger partial charge in [-0.05, 0) is 53.9 Å². The van der Waals surface area contributed by atoms with Gasteiger partial charge in [0.15, 0.2) is 11.5 Å². The number of pyridine rings is 2. The van der Waals surface area contributed by atoms with Crippen molar-refractivity contribution in [2.45, 2.75) is 6.92 Å². The summed E-state index contributed by atoms with van der Waals surface area (Å²) in [7, 11) is 1.46. The molecule has 0 aliphatic carbocycles. The van der Waals surface area contributed by atoms with Gasteiger partial charge in [0.1, 0.15) is 18.1 Å². The van der Waals surface area contributed by atoms with Crippen molar-refractivity contribution >= 4 is 23.2 Å². The number of H-pyrrole nitrogens is 1. The number of rotatable bonds is 8. The average Bonchev–Trinajstić information content (AvgIpc) is 2.99. The number of esters is 1. The zero-order chi connectivity index (χ0) is 28.9. The lowest BCUT2D eigenvalue weighted by Crippen LogP contribution is -2.12. The topological polar surface area (TPSA) is 140 Å². The summed E-state index contributed by atoms with van der Waals surface area (Å²) in [6.45, 7) is 1.25. The molecule has 3 aromatic carbocycles. The molecule has 9 nitrogen and oxygen atoms in total. The molecule has 0 bridgehead atoms. The van der Waals surface area contributed by atoms with Crippen molar-refractivity contribution in [3.05, 3.63) is 107 Å². The Bertz CT molecular complexity index is 1760. The van der Waals surface area contributed by atoms with Gasteiger partial charge in [-0.25, -0.2) is 9.78 Å². The molecule has 0 spiro atoms. The lowest BCUT2D eigenvalue weighted by Gasteiger charge is -2.13. The molecule has 2 heterocycles. The Morgan fingerprint density at radius 1 is 0.902 bits per heavy atom. The highest BCUT2D eigenvalue weighted by atomic mass is 16.6. The molecule has 0 unspecified atom stereocenters. The number of anilines is 3. The van der Waals surface area contributed by atoms with Gasteiger partial charge in [0.2, 0.25) is 5.43 Å². The number of aryl methyl sites for hydroxylation is 1. The highest BCUT2D eigenvalue weighted by molar-refractivity contribution is 5.82. The van der Waals surface area contributed by atoms with Crippen LogP contribution in [-0.4, -0.2) is 34.8 Å². The molecule has 5 N–H and O–H groups in total. The van der Waals surface area contributed by atoms with Crippen molar-refractivity contribution in [2.75, 3.05) is 24.8 Å². The molecule has 206 valence electrons. The Hall–Kier alpha value is -5.41. The molecule has 5 rings (SSSR count). The molecule has 0 atom stereocenters. The molecule has 0 aliphatic heterocycles. The summed E-state index contributed by atoms with van der Waals surface area (Å²) < 4.78 is 10.5. The lowest BCUT2D eigenvalue weighted by atomic mass is 10.0. The molecule has 0 fully saturated rings. The fraction of sp³-hybridized carbons (Fsp3) is 0.0938. The summed E-state index contributed by atoms with van der Waals surface area (Å²) >= 11 is 0. The fourth-order valence-electron chi connectivity index (χ4n) is 4.37. The van der Waals surface area contributed by atoms with E-state index in [1.807, 2.05) is 61.5 Å². The number of aliphatic hydroxyl groups excluding tert-OH is 1. The number of nitrogen functional groups attached to an aromatic ring is 1. The van der Waals surface area contributed by atoms with Gasteiger partial charge in [0.05, 0.1) is 7.11 Å². The van der Waals surface area contributed by atoms with Gasteiger partial charge in [0.25, 0.3) is 0 Å². The summed E-state index contributed by atoms with van der Waals surface area (Å²) in [5.74, 6) is 0.0797. The number of nitrogens with zero attached hydrogens (tertiary/aromatic N) is 1. The molecule has 9 heteroatoms. The molecule has 0 radical (unpaired) electrons. The van der Waals surface area contributed by atoms with E-state index in [-0.39, 0.29) is 11.2 Å². The van der Waals surface area contributed by atoms with Gasteiger partial charge in [-0.3, -0.25) is 4.79 Å². The third kappa shape index (κ3) is 5.95. The van der Waals surface area contributed by atoms with Crippen molar-refractivity contribution in [2.24, 2.45) is 0 Å². The van der Waals surface area contributed by atoms with Crippen LogP contribution >= 0.6 is 0 Å². The second-order valence-corrected chi connectivity index (χ2v) is 9.33. The Morgan fingerprint density at radius 3 is 2.29 bits per heavy atom. The Labute approximate surface area is 236 Å². The van der Waals surface area contributed by atoms with E-state index in [2.05, 4.69) is 15.3 Å². The van der Waals surface area contributed by atoms with E-state index < -0.39 is 12.6 Å². The van der Waals surface area contributed by atoms with Gasteiger partial charge in [0, 0.05) is 41.0 Å². The number of hydrogen-bond acceptors (Lipinski definition) is 8. The fourth-order valence-corrected chi connectivity index (χ4v) is 4.37. The second-order valence-electron chi connectivity index (χ2n) is 9.33. The van der Waals surface area contributed by atoms with Gasteiger partial charge in [-0.15, -0.1) is 0 Å². The van der Waals surface area contributed by atoms with E-state index in [4.69, 9.17) is 20.3 Å². The first-order valence-electron chi connectivity index (χ1n) is 12.8. The van der Waals surface area contributed by atoms with E-state index in [0.717, 1.165) is 27.9 Å². The number of carbonyl (C=O) groups is 1. The molecule has 2 aromatic heterocycles. The van der Waals surface area contributed by atoms with Crippen molar-refractivity contribution in [3.63, 3.8) is 0 Å². The Morgan fingerprint density at radius 2 is 1.59 bits per heavy atom. The van der Waals surface area contributed by atoms with E-state index >= 15 is 0 Å². The minimum atomic E-state index is -0.797. The summed E-state index contributed by atoms with van der Waals surface area (Å²) in [6, 6.07) is 22.3. The van der Waals surface area contributed by atoms with E-state index in [0.29, 0.717) is 33.9 Å². The highest BCUT2D eigenvalue weighted by Gasteiger charge is 2.14. The van der Waals surface area contributed by atoms with Crippen LogP contribution in [0.1, 0.15) is 5.56 Å². The maximum absolute atomic E-state index is 13.1. The van der Waals surface area contributed by atoms with E-state index in [1.54, 1.807) is 36.8 Å². The quantitative estimate of drug-likeness (QED) is 0.151. The summed E-state index contributed by atoms with van der Waals surface area (Å²) in [5.41, 5.74) is 12.8. The number of aromatic nitrogens is 2. The number of nitrogens with one attached hydrogen (secondary N) is 2. The SMILES string of the molecule is COc1ccc(-c2cnc(N)c(-c3ccc(Nc4c[nH]cc(-c5ccc(C)cc5)c4=O)cc3)c2)cc1OC(=O)CO. The third-order valence-electron chi connectivity index (χ3n) is 6.55. The number of nitrogens with two attached hydrogens (primary N) is 1. The number of ether oxygens (including phenoxy) is 2. The lowest BCUT2D eigenvalue weighted by molar-refractivity contribution is -0.137. The molecule has 0 aliphatic rings. The van der Waals surface area contributed by atoms with Gasteiger partial charge in [-0.2, -0.15) is 0 Å². The van der Waals surface area contributed by atoms with Crippen LogP contribution < -0.4 is 26.0 Å². The van der Waals surface area contributed by atoms with Crippen LogP contribution in [0.4, 0.5) is 17.2 Å². The second kappa shape index (κ2) is 11.8. The van der Waals surface area contributed by atoms with Gasteiger partial charge < -0.3 is 30.6 Å². The van der Waals surface area contributed by atoms with Gasteiger partial charge >= 0.3 is 5.97 Å². The smallest absolute Gasteiger partial charge is 0.337 e. The van der Waals surface area contributed by atoms with Crippen molar-refractivity contribution in [1.82, 2.24) is 9.97 Å². The molecule has 0 amide bonds. The molecule has 5 aromatic rings. The number of hydrogen-bond donors (Lipinski definition) is 4. The largest absolute Gasteiger partial charge is 0.493 e. The zero-order valence-electron chi connectivity index (χ0n) is 22.5. The number of carbonyl (C=O) groups excluding carboxylic acids is 1. The number of aromatic amines is 1. The molecule has 0 saturated carbocycles. The van der Waals surface area contributed by atoms with Crippen molar-refractivity contribution < 1.29 is 19.4 Å². The highest BCUT2D eigenvalue weighted by Crippen LogP contribution is 2.35. The number of aliphatic hydroxyl groups is 1. The standard InChI is InChI=1S/C32H28N4O5/c1-19-3-5-21(6-4-19)26-16-34-17-27(31(26)39)36-24-10-7-20(8-11-24)25-13-23(15-35-32(25)33)22-9-12-28(40-2)29(14-22)41-30(38)18-37/h3-17,36-37H,18H2,1-2H3,(H2,33,35)(H,34,39). The maximum atomic E-state index is 13.1. The normalized spacial score (nSPS) is 10.7. The Kier molecular flexibility index (Phi) is 7.80. The monoisotopic (exact) mass is 548 g/mol. The molecular weight excluding hydrogens is 520 g/mol. The first-order chi connectivity index (χ1) is 19.9.